The van der Waals surface area contributed by atoms with Gasteiger partial charge in [-0.1, -0.05) is 19.1 Å². The summed E-state index contributed by atoms with van der Waals surface area (Å²) in [5.74, 6) is -0.507. The number of benzene rings is 1. The van der Waals surface area contributed by atoms with Crippen LogP contribution in [0.3, 0.4) is 0 Å². The van der Waals surface area contributed by atoms with Gasteiger partial charge in [-0.15, -0.1) is 10.2 Å². The zero-order chi connectivity index (χ0) is 19.4. The number of pyridine rings is 1. The summed E-state index contributed by atoms with van der Waals surface area (Å²) in [5, 5.41) is 19.8. The number of aromatic nitrogens is 4. The average Bonchev–Trinajstić information content (AvgIpc) is 3.06. The van der Waals surface area contributed by atoms with Gasteiger partial charge < -0.3 is 15.0 Å². The molecule has 2 N–H and O–H groups in total. The van der Waals surface area contributed by atoms with Crippen molar-refractivity contribution in [3.8, 4) is 0 Å². The van der Waals surface area contributed by atoms with Gasteiger partial charge in [0.1, 0.15) is 17.8 Å². The molecule has 27 heavy (non-hydrogen) atoms. The number of aromatic carboxylic acids is 1. The first-order valence-electron chi connectivity index (χ1n) is 8.37. The monoisotopic (exact) mass is 365 g/mol. The van der Waals surface area contributed by atoms with Gasteiger partial charge in [-0.3, -0.25) is 9.78 Å². The van der Waals surface area contributed by atoms with E-state index in [0.717, 1.165) is 17.8 Å². The van der Waals surface area contributed by atoms with Gasteiger partial charge in [0, 0.05) is 25.4 Å². The van der Waals surface area contributed by atoms with Gasteiger partial charge in [0.05, 0.1) is 5.56 Å². The van der Waals surface area contributed by atoms with E-state index in [1.54, 1.807) is 12.4 Å². The molecule has 3 rings (SSSR count). The van der Waals surface area contributed by atoms with Crippen LogP contribution in [0.5, 0.6) is 0 Å². The molecule has 0 bridgehead atoms. The fraction of sp³-hybridized carbons (Fsp3) is 0.211. The molecule has 0 radical (unpaired) electrons. The lowest BCUT2D eigenvalue weighted by Gasteiger charge is -2.13. The highest BCUT2D eigenvalue weighted by molar-refractivity contribution is 6.04. The molecule has 2 aromatic heterocycles. The predicted molar refractivity (Wildman–Crippen MR) is 98.7 cm³/mol. The molecule has 1 aromatic carbocycles. The molecule has 0 saturated carbocycles. The first kappa shape index (κ1) is 18.2. The molecule has 1 atom stereocenters. The van der Waals surface area contributed by atoms with Crippen molar-refractivity contribution in [3.05, 3.63) is 71.6 Å². The van der Waals surface area contributed by atoms with Crippen LogP contribution in [-0.2, 0) is 13.5 Å². The van der Waals surface area contributed by atoms with E-state index in [2.05, 4.69) is 27.4 Å². The number of nitrogens with zero attached hydrogens (tertiary/aromatic N) is 4. The Balaban J connectivity index is 1.73. The average molecular weight is 365 g/mol. The minimum Gasteiger partial charge on any atom is -0.478 e. The van der Waals surface area contributed by atoms with Crippen LogP contribution >= 0.6 is 0 Å². The summed E-state index contributed by atoms with van der Waals surface area (Å²) in [4.78, 5) is 27.4. The van der Waals surface area contributed by atoms with E-state index in [1.165, 1.54) is 18.3 Å². The fourth-order valence-corrected chi connectivity index (χ4v) is 2.69. The number of hydrogen-bond acceptors (Lipinski definition) is 5. The first-order chi connectivity index (χ1) is 12.9. The molecule has 0 aliphatic heterocycles. The molecule has 8 heteroatoms. The predicted octanol–water partition coefficient (Wildman–Crippen LogP) is 2.51. The third-order valence-electron chi connectivity index (χ3n) is 4.25. The Morgan fingerprint density at radius 1 is 1.26 bits per heavy atom. The largest absolute Gasteiger partial charge is 0.478 e. The van der Waals surface area contributed by atoms with Crippen molar-refractivity contribution in [2.75, 3.05) is 5.32 Å². The standard InChI is InChI=1S/C19H19N5O3/c1-12(8-17-23-21-11-24(17)2)13-4-3-5-15(9-13)22-18(25)16-10-14(19(26)27)6-7-20-16/h3-7,9-12H,8H2,1-2H3,(H,22,25)(H,26,27). The molecular weight excluding hydrogens is 346 g/mol. The Hall–Kier alpha value is -3.55. The van der Waals surface area contributed by atoms with Crippen molar-refractivity contribution < 1.29 is 14.7 Å². The molecule has 138 valence electrons. The van der Waals surface area contributed by atoms with E-state index in [-0.39, 0.29) is 17.2 Å². The van der Waals surface area contributed by atoms with Gasteiger partial charge in [0.2, 0.25) is 0 Å². The number of rotatable bonds is 6. The third-order valence-corrected chi connectivity index (χ3v) is 4.25. The Morgan fingerprint density at radius 2 is 2.07 bits per heavy atom. The summed E-state index contributed by atoms with van der Waals surface area (Å²) in [6, 6.07) is 10.1. The summed E-state index contributed by atoms with van der Waals surface area (Å²) in [5.41, 5.74) is 1.72. The van der Waals surface area contributed by atoms with Gasteiger partial charge in [-0.05, 0) is 35.7 Å². The van der Waals surface area contributed by atoms with Crippen LogP contribution in [0.15, 0.2) is 48.9 Å². The Bertz CT molecular complexity index is 983. The molecule has 0 saturated heterocycles. The number of hydrogen-bond donors (Lipinski definition) is 2. The minimum absolute atomic E-state index is 0.0150. The number of carboxylic acids is 1. The zero-order valence-electron chi connectivity index (χ0n) is 15.0. The lowest BCUT2D eigenvalue weighted by molar-refractivity contribution is 0.0696. The van der Waals surface area contributed by atoms with E-state index < -0.39 is 11.9 Å². The van der Waals surface area contributed by atoms with Crippen molar-refractivity contribution in [3.63, 3.8) is 0 Å². The number of nitrogens with one attached hydrogen (secondary N) is 1. The molecule has 0 fully saturated rings. The van der Waals surface area contributed by atoms with Crippen molar-refractivity contribution >= 4 is 17.6 Å². The van der Waals surface area contributed by atoms with E-state index in [0.29, 0.717) is 5.69 Å². The number of carbonyl (C=O) groups is 2. The molecule has 0 aliphatic rings. The summed E-state index contributed by atoms with van der Waals surface area (Å²) in [6.07, 6.45) is 3.69. The fourth-order valence-electron chi connectivity index (χ4n) is 2.69. The molecule has 3 aromatic rings. The molecule has 8 nitrogen and oxygen atoms in total. The molecule has 1 amide bonds. The Morgan fingerprint density at radius 3 is 2.78 bits per heavy atom. The first-order valence-corrected chi connectivity index (χ1v) is 8.37. The van der Waals surface area contributed by atoms with Crippen LogP contribution < -0.4 is 5.32 Å². The maximum Gasteiger partial charge on any atom is 0.335 e. The maximum absolute atomic E-state index is 12.4. The number of aryl methyl sites for hydroxylation is 1. The van der Waals surface area contributed by atoms with Crippen molar-refractivity contribution in [1.29, 1.82) is 0 Å². The van der Waals surface area contributed by atoms with E-state index in [1.807, 2.05) is 29.8 Å². The minimum atomic E-state index is -1.11. The summed E-state index contributed by atoms with van der Waals surface area (Å²) >= 11 is 0. The van der Waals surface area contributed by atoms with Crippen molar-refractivity contribution in [1.82, 2.24) is 19.7 Å². The Labute approximate surface area is 155 Å². The van der Waals surface area contributed by atoms with Crippen LogP contribution in [0.1, 0.15) is 45.1 Å². The highest BCUT2D eigenvalue weighted by atomic mass is 16.4. The van der Waals surface area contributed by atoms with Gasteiger partial charge in [0.15, 0.2) is 0 Å². The van der Waals surface area contributed by atoms with Crippen molar-refractivity contribution in [2.45, 2.75) is 19.3 Å². The second-order valence-corrected chi connectivity index (χ2v) is 6.28. The van der Waals surface area contributed by atoms with E-state index >= 15 is 0 Å². The normalized spacial score (nSPS) is 11.8. The smallest absolute Gasteiger partial charge is 0.335 e. The molecule has 1 unspecified atom stereocenters. The molecular formula is C19H19N5O3. The molecule has 2 heterocycles. The number of amides is 1. The lowest BCUT2D eigenvalue weighted by atomic mass is 9.97. The van der Waals surface area contributed by atoms with E-state index in [9.17, 15) is 9.59 Å². The van der Waals surface area contributed by atoms with Gasteiger partial charge >= 0.3 is 5.97 Å². The third kappa shape index (κ3) is 4.35. The Kier molecular flexibility index (Phi) is 5.25. The molecule has 0 spiro atoms. The van der Waals surface area contributed by atoms with Crippen molar-refractivity contribution in [2.24, 2.45) is 7.05 Å². The highest BCUT2D eigenvalue weighted by Gasteiger charge is 2.14. The summed E-state index contributed by atoms with van der Waals surface area (Å²) < 4.78 is 1.88. The topological polar surface area (TPSA) is 110 Å². The van der Waals surface area contributed by atoms with Crippen LogP contribution in [0, 0.1) is 0 Å². The summed E-state index contributed by atoms with van der Waals surface area (Å²) in [6.45, 7) is 2.08. The van der Waals surface area contributed by atoms with Gasteiger partial charge in [0.25, 0.3) is 5.91 Å². The maximum atomic E-state index is 12.4. The second-order valence-electron chi connectivity index (χ2n) is 6.28. The number of anilines is 1. The molecule has 0 aliphatic carbocycles. The number of carboxylic acid groups (broad SMARTS) is 1. The van der Waals surface area contributed by atoms with Crippen LogP contribution in [-0.4, -0.2) is 36.7 Å². The van der Waals surface area contributed by atoms with Crippen LogP contribution in [0.4, 0.5) is 5.69 Å². The number of carbonyl (C=O) groups excluding carboxylic acids is 1. The van der Waals surface area contributed by atoms with Crippen LogP contribution in [0.25, 0.3) is 0 Å². The SMILES string of the molecule is CC(Cc1nncn1C)c1cccc(NC(=O)c2cc(C(=O)O)ccn2)c1. The quantitative estimate of drug-likeness (QED) is 0.694. The van der Waals surface area contributed by atoms with Gasteiger partial charge in [-0.25, -0.2) is 4.79 Å². The van der Waals surface area contributed by atoms with Crippen LogP contribution in [0.2, 0.25) is 0 Å². The summed E-state index contributed by atoms with van der Waals surface area (Å²) in [7, 11) is 1.90. The zero-order valence-corrected chi connectivity index (χ0v) is 15.0. The second kappa shape index (κ2) is 7.77. The highest BCUT2D eigenvalue weighted by Crippen LogP contribution is 2.22. The van der Waals surface area contributed by atoms with Gasteiger partial charge in [-0.2, -0.15) is 0 Å². The lowest BCUT2D eigenvalue weighted by Crippen LogP contribution is -2.15. The van der Waals surface area contributed by atoms with E-state index in [4.69, 9.17) is 5.11 Å².